The van der Waals surface area contributed by atoms with Gasteiger partial charge in [-0.3, -0.25) is 25.2 Å². The molecule has 0 radical (unpaired) electrons. The van der Waals surface area contributed by atoms with E-state index in [1.54, 1.807) is 17.9 Å². The van der Waals surface area contributed by atoms with Crippen molar-refractivity contribution in [1.29, 1.82) is 0 Å². The van der Waals surface area contributed by atoms with Gasteiger partial charge in [-0.2, -0.15) is 0 Å². The molecular formula is C23H24N4O3. The molecule has 4 rings (SSSR count). The number of hydrazine groups is 1. The van der Waals surface area contributed by atoms with Crippen molar-refractivity contribution in [3.63, 3.8) is 0 Å². The van der Waals surface area contributed by atoms with Gasteiger partial charge in [0.2, 0.25) is 5.91 Å². The number of nitrogens with zero attached hydrogens (tertiary/aromatic N) is 2. The van der Waals surface area contributed by atoms with Crippen LogP contribution in [0.1, 0.15) is 46.6 Å². The van der Waals surface area contributed by atoms with Crippen molar-refractivity contribution in [3.8, 4) is 0 Å². The number of aromatic nitrogens is 1. The summed E-state index contributed by atoms with van der Waals surface area (Å²) in [7, 11) is 2.00. The molecule has 1 atom stereocenters. The normalized spacial score (nSPS) is 15.4. The van der Waals surface area contributed by atoms with Gasteiger partial charge in [0, 0.05) is 41.2 Å². The highest BCUT2D eigenvalue weighted by molar-refractivity contribution is 6.02. The lowest BCUT2D eigenvalue weighted by Crippen LogP contribution is -2.47. The number of aryl methyl sites for hydroxylation is 1. The second-order valence-corrected chi connectivity index (χ2v) is 7.45. The second kappa shape index (κ2) is 7.67. The van der Waals surface area contributed by atoms with Gasteiger partial charge < -0.3 is 9.47 Å². The number of rotatable bonds is 4. The van der Waals surface area contributed by atoms with Gasteiger partial charge in [-0.25, -0.2) is 0 Å². The van der Waals surface area contributed by atoms with Crippen LogP contribution in [0.2, 0.25) is 0 Å². The number of nitrogens with one attached hydrogen (secondary N) is 2. The highest BCUT2D eigenvalue weighted by Crippen LogP contribution is 2.43. The number of hydrogen-bond donors (Lipinski definition) is 2. The van der Waals surface area contributed by atoms with Crippen molar-refractivity contribution in [3.05, 3.63) is 70.9 Å². The van der Waals surface area contributed by atoms with Gasteiger partial charge >= 0.3 is 0 Å². The second-order valence-electron chi connectivity index (χ2n) is 7.45. The van der Waals surface area contributed by atoms with E-state index in [0.717, 1.165) is 27.7 Å². The van der Waals surface area contributed by atoms with Crippen molar-refractivity contribution in [1.82, 2.24) is 20.3 Å². The highest BCUT2D eigenvalue weighted by atomic mass is 16.2. The molecule has 0 aliphatic carbocycles. The summed E-state index contributed by atoms with van der Waals surface area (Å²) in [5, 5.41) is 1.05. The summed E-state index contributed by atoms with van der Waals surface area (Å²) >= 11 is 0. The van der Waals surface area contributed by atoms with E-state index in [4.69, 9.17) is 0 Å². The third kappa shape index (κ3) is 3.12. The van der Waals surface area contributed by atoms with Crippen LogP contribution in [0, 0.1) is 6.92 Å². The Morgan fingerprint density at radius 2 is 1.67 bits per heavy atom. The molecule has 3 amide bonds. The Morgan fingerprint density at radius 1 is 1.00 bits per heavy atom. The van der Waals surface area contributed by atoms with E-state index in [1.165, 1.54) is 0 Å². The van der Waals surface area contributed by atoms with E-state index < -0.39 is 5.91 Å². The molecule has 2 aromatic carbocycles. The van der Waals surface area contributed by atoms with E-state index in [1.807, 2.05) is 56.4 Å². The Bertz CT molecular complexity index is 1160. The monoisotopic (exact) mass is 404 g/mol. The molecular weight excluding hydrogens is 380 g/mol. The van der Waals surface area contributed by atoms with E-state index >= 15 is 0 Å². The van der Waals surface area contributed by atoms with Gasteiger partial charge in [-0.05, 0) is 24.6 Å². The maximum absolute atomic E-state index is 13.2. The number of para-hydroxylation sites is 1. The molecule has 2 N–H and O–H groups in total. The van der Waals surface area contributed by atoms with Gasteiger partial charge in [0.1, 0.15) is 6.54 Å². The molecule has 0 saturated heterocycles. The third-order valence-corrected chi connectivity index (χ3v) is 5.76. The van der Waals surface area contributed by atoms with Crippen LogP contribution in [-0.2, 0) is 16.6 Å². The maximum Gasteiger partial charge on any atom is 0.258 e. The molecule has 7 nitrogen and oxygen atoms in total. The standard InChI is InChI=1S/C23H24N4O3/c1-4-19(28)24-25-20(29)13-27-22(15-9-5-6-10-16(15)23(27)30)21-14(2)26(3)18-12-8-7-11-17(18)21/h5-12,22H,4,13H2,1-3H3,(H,24,28)(H,25,29)/t22-/m1/s1. The Labute approximate surface area is 174 Å². The quantitative estimate of drug-likeness (QED) is 0.656. The first-order chi connectivity index (χ1) is 14.4. The largest absolute Gasteiger partial charge is 0.348 e. The van der Waals surface area contributed by atoms with Gasteiger partial charge in [-0.15, -0.1) is 0 Å². The zero-order valence-electron chi connectivity index (χ0n) is 17.2. The third-order valence-electron chi connectivity index (χ3n) is 5.76. The van der Waals surface area contributed by atoms with E-state index in [9.17, 15) is 14.4 Å². The number of benzene rings is 2. The number of carbonyl (C=O) groups is 3. The lowest BCUT2D eigenvalue weighted by atomic mass is 9.95. The fraction of sp³-hybridized carbons (Fsp3) is 0.261. The van der Waals surface area contributed by atoms with Crippen molar-refractivity contribution in [2.24, 2.45) is 7.05 Å². The van der Waals surface area contributed by atoms with Crippen molar-refractivity contribution >= 4 is 28.6 Å². The van der Waals surface area contributed by atoms with E-state index in [2.05, 4.69) is 15.4 Å². The Kier molecular flexibility index (Phi) is 5.03. The number of fused-ring (bicyclic) bond motifs is 2. The summed E-state index contributed by atoms with van der Waals surface area (Å²) in [6.07, 6.45) is 0.256. The minimum Gasteiger partial charge on any atom is -0.348 e. The molecule has 154 valence electrons. The van der Waals surface area contributed by atoms with Crippen LogP contribution in [0.5, 0.6) is 0 Å². The van der Waals surface area contributed by atoms with Gasteiger partial charge in [0.25, 0.3) is 11.8 Å². The van der Waals surface area contributed by atoms with Crippen molar-refractivity contribution in [2.75, 3.05) is 6.54 Å². The van der Waals surface area contributed by atoms with Crippen LogP contribution >= 0.6 is 0 Å². The smallest absolute Gasteiger partial charge is 0.258 e. The lowest BCUT2D eigenvalue weighted by molar-refractivity contribution is -0.129. The lowest BCUT2D eigenvalue weighted by Gasteiger charge is -2.26. The molecule has 7 heteroatoms. The van der Waals surface area contributed by atoms with Crippen LogP contribution in [0.4, 0.5) is 0 Å². The van der Waals surface area contributed by atoms with Gasteiger partial charge in [0.15, 0.2) is 0 Å². The van der Waals surface area contributed by atoms with Gasteiger partial charge in [-0.1, -0.05) is 43.3 Å². The minimum atomic E-state index is -0.444. The summed E-state index contributed by atoms with van der Waals surface area (Å²) in [4.78, 5) is 38.8. The average molecular weight is 404 g/mol. The van der Waals surface area contributed by atoms with Crippen LogP contribution < -0.4 is 10.9 Å². The summed E-state index contributed by atoms with van der Waals surface area (Å²) in [6, 6.07) is 15.1. The molecule has 0 fully saturated rings. The molecule has 0 saturated carbocycles. The van der Waals surface area contributed by atoms with Crippen LogP contribution in [-0.4, -0.2) is 33.7 Å². The predicted molar refractivity (Wildman–Crippen MR) is 114 cm³/mol. The number of amides is 3. The minimum absolute atomic E-state index is 0.162. The molecule has 0 unspecified atom stereocenters. The first-order valence-electron chi connectivity index (χ1n) is 9.95. The first kappa shape index (κ1) is 19.7. The predicted octanol–water partition coefficient (Wildman–Crippen LogP) is 2.59. The van der Waals surface area contributed by atoms with Crippen molar-refractivity contribution < 1.29 is 14.4 Å². The zero-order chi connectivity index (χ0) is 21.4. The van der Waals surface area contributed by atoms with Crippen molar-refractivity contribution in [2.45, 2.75) is 26.3 Å². The summed E-state index contributed by atoms with van der Waals surface area (Å²) < 4.78 is 2.11. The summed E-state index contributed by atoms with van der Waals surface area (Å²) in [5.74, 6) is -0.929. The molecule has 0 bridgehead atoms. The van der Waals surface area contributed by atoms with Crippen LogP contribution in [0.15, 0.2) is 48.5 Å². The Balaban J connectivity index is 1.78. The first-order valence-corrected chi connectivity index (χ1v) is 9.95. The summed E-state index contributed by atoms with van der Waals surface area (Å²) in [5.41, 5.74) is 9.36. The molecule has 1 aliphatic rings. The van der Waals surface area contributed by atoms with Gasteiger partial charge in [0.05, 0.1) is 6.04 Å². The molecule has 3 aromatic rings. The molecule has 30 heavy (non-hydrogen) atoms. The molecule has 0 spiro atoms. The van der Waals surface area contributed by atoms with Crippen LogP contribution in [0.25, 0.3) is 10.9 Å². The highest BCUT2D eigenvalue weighted by Gasteiger charge is 2.40. The average Bonchev–Trinajstić information content (AvgIpc) is 3.17. The number of hydrogen-bond acceptors (Lipinski definition) is 3. The van der Waals surface area contributed by atoms with E-state index in [-0.39, 0.29) is 30.8 Å². The van der Waals surface area contributed by atoms with Crippen LogP contribution in [0.3, 0.4) is 0 Å². The Morgan fingerprint density at radius 3 is 2.43 bits per heavy atom. The fourth-order valence-electron chi connectivity index (χ4n) is 4.16. The van der Waals surface area contributed by atoms with E-state index in [0.29, 0.717) is 5.56 Å². The molecule has 1 aliphatic heterocycles. The SMILES string of the molecule is CCC(=O)NNC(=O)CN1C(=O)c2ccccc2[C@@H]1c1c(C)n(C)c2ccccc12. The topological polar surface area (TPSA) is 83.4 Å². The Hall–Kier alpha value is -3.61. The zero-order valence-corrected chi connectivity index (χ0v) is 17.2. The molecule has 1 aromatic heterocycles. The fourth-order valence-corrected chi connectivity index (χ4v) is 4.16. The molecule has 2 heterocycles. The maximum atomic E-state index is 13.2. The summed E-state index contributed by atoms with van der Waals surface area (Å²) in [6.45, 7) is 3.56. The number of carbonyl (C=O) groups excluding carboxylic acids is 3.